The van der Waals surface area contributed by atoms with Crippen LogP contribution in [0.2, 0.25) is 0 Å². The lowest BCUT2D eigenvalue weighted by atomic mass is 10.0. The van der Waals surface area contributed by atoms with Gasteiger partial charge in [-0.15, -0.1) is 0 Å². The van der Waals surface area contributed by atoms with E-state index in [0.717, 1.165) is 50.5 Å². The van der Waals surface area contributed by atoms with Crippen molar-refractivity contribution in [1.82, 2.24) is 5.32 Å². The SMILES string of the molecule is COc1ccc(C#N)cc1CNCC1CCOCC1. The van der Waals surface area contributed by atoms with Crippen LogP contribution in [0, 0.1) is 17.2 Å². The maximum atomic E-state index is 8.93. The van der Waals surface area contributed by atoms with Gasteiger partial charge in [-0.1, -0.05) is 0 Å². The molecule has 1 aliphatic rings. The molecule has 102 valence electrons. The summed E-state index contributed by atoms with van der Waals surface area (Å²) in [4.78, 5) is 0. The van der Waals surface area contributed by atoms with Gasteiger partial charge in [0.15, 0.2) is 0 Å². The van der Waals surface area contributed by atoms with Crippen LogP contribution in [0.3, 0.4) is 0 Å². The van der Waals surface area contributed by atoms with Gasteiger partial charge in [-0.05, 0) is 43.5 Å². The molecule has 1 saturated heterocycles. The van der Waals surface area contributed by atoms with E-state index in [0.29, 0.717) is 11.5 Å². The van der Waals surface area contributed by atoms with Crippen molar-refractivity contribution >= 4 is 0 Å². The maximum Gasteiger partial charge on any atom is 0.123 e. The first kappa shape index (κ1) is 13.9. The number of hydrogen-bond acceptors (Lipinski definition) is 4. The molecule has 1 aliphatic heterocycles. The van der Waals surface area contributed by atoms with Gasteiger partial charge in [-0.2, -0.15) is 5.26 Å². The van der Waals surface area contributed by atoms with E-state index in [1.807, 2.05) is 12.1 Å². The molecule has 1 N–H and O–H groups in total. The first-order valence-corrected chi connectivity index (χ1v) is 6.69. The van der Waals surface area contributed by atoms with Crippen molar-refractivity contribution in [1.29, 1.82) is 5.26 Å². The minimum atomic E-state index is 0.670. The van der Waals surface area contributed by atoms with Gasteiger partial charge in [-0.25, -0.2) is 0 Å². The summed E-state index contributed by atoms with van der Waals surface area (Å²) < 4.78 is 10.7. The molecule has 0 aliphatic carbocycles. The predicted octanol–water partition coefficient (Wildman–Crippen LogP) is 2.08. The normalized spacial score (nSPS) is 16.0. The Bertz CT molecular complexity index is 448. The third-order valence-electron chi connectivity index (χ3n) is 3.50. The monoisotopic (exact) mass is 260 g/mol. The minimum absolute atomic E-state index is 0.670. The Hall–Kier alpha value is -1.57. The Labute approximate surface area is 114 Å². The van der Waals surface area contributed by atoms with Gasteiger partial charge >= 0.3 is 0 Å². The van der Waals surface area contributed by atoms with Crippen molar-refractivity contribution in [3.05, 3.63) is 29.3 Å². The quantitative estimate of drug-likeness (QED) is 0.880. The Morgan fingerprint density at radius 3 is 2.89 bits per heavy atom. The topological polar surface area (TPSA) is 54.3 Å². The molecule has 4 heteroatoms. The molecular formula is C15H20N2O2. The molecule has 1 heterocycles. The zero-order chi connectivity index (χ0) is 13.5. The van der Waals surface area contributed by atoms with Crippen LogP contribution < -0.4 is 10.1 Å². The molecule has 2 rings (SSSR count). The first-order valence-electron chi connectivity index (χ1n) is 6.69. The van der Waals surface area contributed by atoms with E-state index in [2.05, 4.69) is 11.4 Å². The van der Waals surface area contributed by atoms with Gasteiger partial charge in [0.1, 0.15) is 5.75 Å². The molecule has 19 heavy (non-hydrogen) atoms. The van der Waals surface area contributed by atoms with Gasteiger partial charge in [0, 0.05) is 25.3 Å². The summed E-state index contributed by atoms with van der Waals surface area (Å²) in [6, 6.07) is 7.67. The fraction of sp³-hybridized carbons (Fsp3) is 0.533. The Morgan fingerprint density at radius 1 is 1.42 bits per heavy atom. The highest BCUT2D eigenvalue weighted by molar-refractivity contribution is 5.41. The molecule has 0 aromatic heterocycles. The van der Waals surface area contributed by atoms with Gasteiger partial charge in [-0.3, -0.25) is 0 Å². The molecule has 4 nitrogen and oxygen atoms in total. The average Bonchev–Trinajstić information content (AvgIpc) is 2.48. The summed E-state index contributed by atoms with van der Waals surface area (Å²) >= 11 is 0. The summed E-state index contributed by atoms with van der Waals surface area (Å²) in [5.74, 6) is 1.53. The highest BCUT2D eigenvalue weighted by Crippen LogP contribution is 2.20. The van der Waals surface area contributed by atoms with E-state index >= 15 is 0 Å². The van der Waals surface area contributed by atoms with Crippen LogP contribution in [-0.2, 0) is 11.3 Å². The molecule has 0 atom stereocenters. The molecule has 0 amide bonds. The Balaban J connectivity index is 1.89. The van der Waals surface area contributed by atoms with E-state index in [9.17, 15) is 0 Å². The number of nitrogens with one attached hydrogen (secondary N) is 1. The van der Waals surface area contributed by atoms with Crippen molar-refractivity contribution in [2.24, 2.45) is 5.92 Å². The Morgan fingerprint density at radius 2 is 2.21 bits per heavy atom. The summed E-state index contributed by atoms with van der Waals surface area (Å²) in [5.41, 5.74) is 1.71. The highest BCUT2D eigenvalue weighted by atomic mass is 16.5. The lowest BCUT2D eigenvalue weighted by Crippen LogP contribution is -2.27. The molecule has 0 unspecified atom stereocenters. The zero-order valence-electron chi connectivity index (χ0n) is 11.3. The molecule has 0 saturated carbocycles. The van der Waals surface area contributed by atoms with Crippen LogP contribution in [0.4, 0.5) is 0 Å². The molecule has 0 bridgehead atoms. The van der Waals surface area contributed by atoms with Gasteiger partial charge in [0.25, 0.3) is 0 Å². The van der Waals surface area contributed by atoms with E-state index in [4.69, 9.17) is 14.7 Å². The van der Waals surface area contributed by atoms with E-state index in [1.54, 1.807) is 13.2 Å². The van der Waals surface area contributed by atoms with E-state index in [1.165, 1.54) is 0 Å². The van der Waals surface area contributed by atoms with Crippen LogP contribution in [0.15, 0.2) is 18.2 Å². The molecule has 1 aromatic carbocycles. The van der Waals surface area contributed by atoms with Gasteiger partial charge in [0.2, 0.25) is 0 Å². The van der Waals surface area contributed by atoms with Crippen LogP contribution in [-0.4, -0.2) is 26.9 Å². The molecule has 1 fully saturated rings. The van der Waals surface area contributed by atoms with Crippen molar-refractivity contribution in [3.63, 3.8) is 0 Å². The second-order valence-corrected chi connectivity index (χ2v) is 4.83. The molecule has 1 aromatic rings. The van der Waals surface area contributed by atoms with Crippen LogP contribution in [0.1, 0.15) is 24.0 Å². The molecule has 0 radical (unpaired) electrons. The largest absolute Gasteiger partial charge is 0.496 e. The number of nitriles is 1. The average molecular weight is 260 g/mol. The predicted molar refractivity (Wildman–Crippen MR) is 73.0 cm³/mol. The highest BCUT2D eigenvalue weighted by Gasteiger charge is 2.13. The van der Waals surface area contributed by atoms with Crippen LogP contribution >= 0.6 is 0 Å². The molecule has 0 spiro atoms. The van der Waals surface area contributed by atoms with E-state index < -0.39 is 0 Å². The maximum absolute atomic E-state index is 8.93. The third kappa shape index (κ3) is 3.95. The van der Waals surface area contributed by atoms with Gasteiger partial charge in [0.05, 0.1) is 18.7 Å². The first-order chi connectivity index (χ1) is 9.33. The van der Waals surface area contributed by atoms with Gasteiger partial charge < -0.3 is 14.8 Å². The van der Waals surface area contributed by atoms with Crippen molar-refractivity contribution < 1.29 is 9.47 Å². The van der Waals surface area contributed by atoms with Crippen LogP contribution in [0.25, 0.3) is 0 Å². The number of nitrogens with zero attached hydrogens (tertiary/aromatic N) is 1. The summed E-state index contributed by atoms with van der Waals surface area (Å²) in [5, 5.41) is 12.4. The third-order valence-corrected chi connectivity index (χ3v) is 3.50. The van der Waals surface area contributed by atoms with Crippen molar-refractivity contribution in [3.8, 4) is 11.8 Å². The number of benzene rings is 1. The number of rotatable bonds is 5. The lowest BCUT2D eigenvalue weighted by molar-refractivity contribution is 0.0662. The fourth-order valence-corrected chi connectivity index (χ4v) is 2.35. The minimum Gasteiger partial charge on any atom is -0.496 e. The van der Waals surface area contributed by atoms with Crippen molar-refractivity contribution in [2.75, 3.05) is 26.9 Å². The second-order valence-electron chi connectivity index (χ2n) is 4.83. The molecular weight excluding hydrogens is 240 g/mol. The summed E-state index contributed by atoms with van der Waals surface area (Å²) in [6.07, 6.45) is 2.25. The summed E-state index contributed by atoms with van der Waals surface area (Å²) in [7, 11) is 1.66. The smallest absolute Gasteiger partial charge is 0.123 e. The number of hydrogen-bond donors (Lipinski definition) is 1. The second kappa shape index (κ2) is 7.13. The Kier molecular flexibility index (Phi) is 5.20. The zero-order valence-corrected chi connectivity index (χ0v) is 11.3. The number of ether oxygens (including phenoxy) is 2. The van der Waals surface area contributed by atoms with E-state index in [-0.39, 0.29) is 0 Å². The lowest BCUT2D eigenvalue weighted by Gasteiger charge is -2.22. The standard InChI is InChI=1S/C15H20N2O2/c1-18-15-3-2-13(9-16)8-14(15)11-17-10-12-4-6-19-7-5-12/h2-3,8,12,17H,4-7,10-11H2,1H3. The summed E-state index contributed by atoms with van der Waals surface area (Å²) in [6.45, 7) is 3.47. The number of methoxy groups -OCH3 is 1. The fourth-order valence-electron chi connectivity index (χ4n) is 2.35. The van der Waals surface area contributed by atoms with Crippen LogP contribution in [0.5, 0.6) is 5.75 Å². The van der Waals surface area contributed by atoms with Crippen molar-refractivity contribution in [2.45, 2.75) is 19.4 Å².